The lowest BCUT2D eigenvalue weighted by atomic mass is 10.2. The maximum absolute atomic E-state index is 8.97. The number of hydrogen-bond acceptors (Lipinski definition) is 2. The van der Waals surface area contributed by atoms with E-state index in [1.165, 1.54) is 6.42 Å². The highest BCUT2D eigenvalue weighted by atomic mass is 16.3. The summed E-state index contributed by atoms with van der Waals surface area (Å²) in [4.78, 5) is 0. The molecular weight excluding hydrogens is 176 g/mol. The van der Waals surface area contributed by atoms with E-state index in [0.717, 1.165) is 23.9 Å². The van der Waals surface area contributed by atoms with Gasteiger partial charge in [-0.2, -0.15) is 0 Å². The monoisotopic (exact) mass is 192 g/mol. The van der Waals surface area contributed by atoms with Gasteiger partial charge in [0.15, 0.2) is 0 Å². The first kappa shape index (κ1) is 8.54. The van der Waals surface area contributed by atoms with Gasteiger partial charge >= 0.3 is 0 Å². The summed E-state index contributed by atoms with van der Waals surface area (Å²) >= 11 is 0. The van der Waals surface area contributed by atoms with Crippen molar-refractivity contribution in [1.82, 2.24) is 0 Å². The Morgan fingerprint density at radius 3 is 2.43 bits per heavy atom. The van der Waals surface area contributed by atoms with Crippen molar-refractivity contribution >= 4 is 0 Å². The Morgan fingerprint density at radius 2 is 1.93 bits per heavy atom. The Kier molecular flexibility index (Phi) is 1.75. The minimum atomic E-state index is 0.306. The molecule has 1 aromatic rings. The fraction of sp³-hybridized carbons (Fsp3) is 0.667. The average molecular weight is 192 g/mol. The molecule has 2 fully saturated rings. The van der Waals surface area contributed by atoms with Crippen LogP contribution in [0.1, 0.15) is 43.1 Å². The summed E-state index contributed by atoms with van der Waals surface area (Å²) in [6.45, 7) is 2.57. The minimum absolute atomic E-state index is 0.306. The first-order valence-corrected chi connectivity index (χ1v) is 5.50. The maximum atomic E-state index is 8.97. The van der Waals surface area contributed by atoms with Crippen LogP contribution in [0, 0.1) is 11.8 Å². The van der Waals surface area contributed by atoms with Crippen LogP contribution >= 0.6 is 0 Å². The number of rotatable bonds is 3. The van der Waals surface area contributed by atoms with Crippen molar-refractivity contribution in [2.75, 3.05) is 6.61 Å². The van der Waals surface area contributed by atoms with E-state index in [2.05, 4.69) is 19.1 Å². The third-order valence-electron chi connectivity index (χ3n) is 3.65. The third-order valence-corrected chi connectivity index (χ3v) is 3.65. The third kappa shape index (κ3) is 1.29. The Balaban J connectivity index is 1.72. The molecule has 0 aromatic carbocycles. The normalized spacial score (nSPS) is 39.9. The van der Waals surface area contributed by atoms with E-state index in [1.807, 2.05) is 0 Å². The fourth-order valence-electron chi connectivity index (χ4n) is 2.28. The maximum Gasteiger partial charge on any atom is 0.107 e. The van der Waals surface area contributed by atoms with Crippen LogP contribution in [0.3, 0.4) is 0 Å². The summed E-state index contributed by atoms with van der Waals surface area (Å²) in [5.74, 6) is 4.71. The highest BCUT2D eigenvalue weighted by molar-refractivity contribution is 5.22. The molecule has 2 aliphatic rings. The zero-order valence-corrected chi connectivity index (χ0v) is 8.44. The van der Waals surface area contributed by atoms with Crippen LogP contribution in [0.15, 0.2) is 16.5 Å². The van der Waals surface area contributed by atoms with Gasteiger partial charge in [-0.1, -0.05) is 6.92 Å². The van der Waals surface area contributed by atoms with E-state index < -0.39 is 0 Å². The van der Waals surface area contributed by atoms with Crippen LogP contribution in [0.4, 0.5) is 0 Å². The highest BCUT2D eigenvalue weighted by Crippen LogP contribution is 2.51. The van der Waals surface area contributed by atoms with Crippen molar-refractivity contribution in [2.45, 2.75) is 31.6 Å². The number of aliphatic hydroxyl groups is 1. The molecule has 0 spiro atoms. The zero-order valence-electron chi connectivity index (χ0n) is 8.44. The first-order chi connectivity index (χ1) is 6.79. The molecule has 4 atom stereocenters. The van der Waals surface area contributed by atoms with Crippen LogP contribution in [0.2, 0.25) is 0 Å². The lowest BCUT2D eigenvalue weighted by molar-refractivity contribution is 0.271. The van der Waals surface area contributed by atoms with Crippen molar-refractivity contribution in [3.8, 4) is 0 Å². The summed E-state index contributed by atoms with van der Waals surface area (Å²) in [6, 6.07) is 4.22. The molecule has 2 heteroatoms. The molecule has 0 bridgehead atoms. The van der Waals surface area contributed by atoms with Crippen molar-refractivity contribution < 1.29 is 9.52 Å². The second-order valence-electron chi connectivity index (χ2n) is 4.84. The molecule has 0 amide bonds. The van der Waals surface area contributed by atoms with E-state index in [-0.39, 0.29) is 0 Å². The molecule has 1 N–H and O–H groups in total. The summed E-state index contributed by atoms with van der Waals surface area (Å²) in [5.41, 5.74) is 0. The SMILES string of the molecule is CC1CC1c1ccc(C2CC2CO)o1. The van der Waals surface area contributed by atoms with E-state index >= 15 is 0 Å². The second-order valence-corrected chi connectivity index (χ2v) is 4.84. The molecule has 4 unspecified atom stereocenters. The number of furan rings is 1. The topological polar surface area (TPSA) is 33.4 Å². The molecule has 3 rings (SSSR count). The molecule has 0 aliphatic heterocycles. The van der Waals surface area contributed by atoms with Gasteiger partial charge in [-0.25, -0.2) is 0 Å². The molecule has 1 heterocycles. The number of aliphatic hydroxyl groups excluding tert-OH is 1. The number of hydrogen-bond donors (Lipinski definition) is 1. The van der Waals surface area contributed by atoms with Crippen LogP contribution in [-0.2, 0) is 0 Å². The average Bonchev–Trinajstić information content (AvgIpc) is 3.07. The van der Waals surface area contributed by atoms with Gasteiger partial charge in [0.2, 0.25) is 0 Å². The van der Waals surface area contributed by atoms with E-state index in [1.54, 1.807) is 0 Å². The van der Waals surface area contributed by atoms with E-state index in [4.69, 9.17) is 9.52 Å². The molecule has 0 saturated heterocycles. The molecule has 76 valence electrons. The highest BCUT2D eigenvalue weighted by Gasteiger charge is 2.42. The molecule has 0 radical (unpaired) electrons. The van der Waals surface area contributed by atoms with Crippen LogP contribution in [0.25, 0.3) is 0 Å². The van der Waals surface area contributed by atoms with Gasteiger partial charge in [-0.15, -0.1) is 0 Å². The van der Waals surface area contributed by atoms with Gasteiger partial charge in [0, 0.05) is 18.4 Å². The molecule has 2 nitrogen and oxygen atoms in total. The van der Waals surface area contributed by atoms with Crippen LogP contribution in [-0.4, -0.2) is 11.7 Å². The second kappa shape index (κ2) is 2.86. The van der Waals surface area contributed by atoms with Gasteiger partial charge in [0.25, 0.3) is 0 Å². The van der Waals surface area contributed by atoms with Gasteiger partial charge in [0.1, 0.15) is 11.5 Å². The summed E-state index contributed by atoms with van der Waals surface area (Å²) in [6.07, 6.45) is 2.38. The first-order valence-electron chi connectivity index (χ1n) is 5.50. The molecular formula is C12H16O2. The van der Waals surface area contributed by atoms with Crippen LogP contribution in [0.5, 0.6) is 0 Å². The van der Waals surface area contributed by atoms with E-state index in [0.29, 0.717) is 24.4 Å². The Labute approximate surface area is 83.9 Å². The Hall–Kier alpha value is -0.760. The van der Waals surface area contributed by atoms with Gasteiger partial charge in [-0.3, -0.25) is 0 Å². The Bertz CT molecular complexity index is 342. The lowest BCUT2D eigenvalue weighted by Crippen LogP contribution is -1.86. The van der Waals surface area contributed by atoms with Crippen molar-refractivity contribution in [2.24, 2.45) is 11.8 Å². The van der Waals surface area contributed by atoms with Gasteiger partial charge in [-0.05, 0) is 36.8 Å². The zero-order chi connectivity index (χ0) is 9.71. The lowest BCUT2D eigenvalue weighted by Gasteiger charge is -1.93. The van der Waals surface area contributed by atoms with Crippen molar-refractivity contribution in [1.29, 1.82) is 0 Å². The molecule has 1 aromatic heterocycles. The Morgan fingerprint density at radius 1 is 1.29 bits per heavy atom. The predicted molar refractivity (Wildman–Crippen MR) is 53.2 cm³/mol. The van der Waals surface area contributed by atoms with Gasteiger partial charge < -0.3 is 9.52 Å². The van der Waals surface area contributed by atoms with Gasteiger partial charge in [0.05, 0.1) is 0 Å². The summed E-state index contributed by atoms with van der Waals surface area (Å²) < 4.78 is 5.82. The summed E-state index contributed by atoms with van der Waals surface area (Å²) in [7, 11) is 0. The minimum Gasteiger partial charge on any atom is -0.465 e. The quantitative estimate of drug-likeness (QED) is 0.798. The smallest absolute Gasteiger partial charge is 0.107 e. The molecule has 2 saturated carbocycles. The predicted octanol–water partition coefficient (Wildman–Crippen LogP) is 2.50. The largest absolute Gasteiger partial charge is 0.465 e. The molecule has 2 aliphatic carbocycles. The fourth-order valence-corrected chi connectivity index (χ4v) is 2.28. The van der Waals surface area contributed by atoms with Crippen molar-refractivity contribution in [3.63, 3.8) is 0 Å². The molecule has 14 heavy (non-hydrogen) atoms. The standard InChI is InChI=1S/C12H16O2/c1-7-4-9(7)11-2-3-12(14-11)10-5-8(10)6-13/h2-3,7-10,13H,4-6H2,1H3. The van der Waals surface area contributed by atoms with Crippen LogP contribution < -0.4 is 0 Å². The van der Waals surface area contributed by atoms with E-state index in [9.17, 15) is 0 Å². The summed E-state index contributed by atoms with van der Waals surface area (Å²) in [5, 5.41) is 8.97. The van der Waals surface area contributed by atoms with Crippen molar-refractivity contribution in [3.05, 3.63) is 23.7 Å².